The number of thiazole rings is 1. The molecule has 0 aliphatic heterocycles. The van der Waals surface area contributed by atoms with E-state index in [1.54, 1.807) is 18.3 Å². The highest BCUT2D eigenvalue weighted by Gasteiger charge is 2.07. The van der Waals surface area contributed by atoms with Crippen molar-refractivity contribution in [3.8, 4) is 11.3 Å². The first-order valence-corrected chi connectivity index (χ1v) is 8.16. The van der Waals surface area contributed by atoms with Crippen LogP contribution in [0.5, 0.6) is 0 Å². The van der Waals surface area contributed by atoms with Crippen molar-refractivity contribution in [1.29, 1.82) is 0 Å². The van der Waals surface area contributed by atoms with Crippen LogP contribution in [-0.4, -0.2) is 27.4 Å². The quantitative estimate of drug-likeness (QED) is 0.651. The molecule has 2 heterocycles. The Kier molecular flexibility index (Phi) is 4.66. The van der Waals surface area contributed by atoms with Crippen molar-refractivity contribution in [1.82, 2.24) is 20.3 Å². The number of anilines is 2. The monoisotopic (exact) mass is 340 g/mol. The zero-order valence-corrected chi connectivity index (χ0v) is 13.6. The molecule has 122 valence electrons. The van der Waals surface area contributed by atoms with Gasteiger partial charge in [-0.05, 0) is 12.1 Å². The molecule has 0 saturated heterocycles. The zero-order chi connectivity index (χ0) is 16.9. The van der Waals surface area contributed by atoms with Crippen molar-refractivity contribution >= 4 is 28.2 Å². The average Bonchev–Trinajstić information content (AvgIpc) is 3.00. The Hall–Kier alpha value is -3.00. The molecule has 7 nitrogen and oxygen atoms in total. The van der Waals surface area contributed by atoms with E-state index in [-0.39, 0.29) is 5.91 Å². The van der Waals surface area contributed by atoms with Crippen LogP contribution in [0.2, 0.25) is 0 Å². The minimum atomic E-state index is -0.136. The lowest BCUT2D eigenvalue weighted by molar-refractivity contribution is 0.0954. The first kappa shape index (κ1) is 15.9. The van der Waals surface area contributed by atoms with E-state index in [1.165, 1.54) is 17.5 Å². The lowest BCUT2D eigenvalue weighted by Gasteiger charge is -2.06. The van der Waals surface area contributed by atoms with E-state index in [1.807, 2.05) is 17.5 Å². The van der Waals surface area contributed by atoms with Crippen LogP contribution in [0.25, 0.3) is 11.3 Å². The van der Waals surface area contributed by atoms with Crippen molar-refractivity contribution in [3.05, 3.63) is 53.3 Å². The molecule has 24 heavy (non-hydrogen) atoms. The summed E-state index contributed by atoms with van der Waals surface area (Å²) in [6.45, 7) is 0.504. The summed E-state index contributed by atoms with van der Waals surface area (Å²) >= 11 is 1.39. The number of carbonyl (C=O) groups is 1. The van der Waals surface area contributed by atoms with Gasteiger partial charge in [0.1, 0.15) is 5.82 Å². The number of nitrogens with one attached hydrogen (secondary N) is 1. The highest BCUT2D eigenvalue weighted by Crippen LogP contribution is 2.17. The minimum Gasteiger partial charge on any atom is -0.382 e. The number of carbonyl (C=O) groups excluding carboxylic acids is 1. The number of amides is 1. The molecule has 2 aromatic heterocycles. The molecular weight excluding hydrogens is 324 g/mol. The standard InChI is InChI=1S/C16H16N6OS/c17-14-8-19-7-13(22-14)10-1-3-11(4-2-10)15(23)20-6-5-12-9-24-16(18)21-12/h1-4,7-9H,5-6H2,(H2,17,22)(H2,18,21)(H,20,23). The number of benzene rings is 1. The van der Waals surface area contributed by atoms with Gasteiger partial charge in [-0.15, -0.1) is 11.3 Å². The molecule has 0 fully saturated rings. The number of hydrogen-bond acceptors (Lipinski definition) is 7. The normalized spacial score (nSPS) is 10.5. The lowest BCUT2D eigenvalue weighted by Crippen LogP contribution is -2.25. The van der Waals surface area contributed by atoms with Gasteiger partial charge in [0.2, 0.25) is 0 Å². The smallest absolute Gasteiger partial charge is 0.251 e. The van der Waals surface area contributed by atoms with E-state index in [9.17, 15) is 4.79 Å². The molecular formula is C16H16N6OS. The minimum absolute atomic E-state index is 0.136. The largest absolute Gasteiger partial charge is 0.382 e. The summed E-state index contributed by atoms with van der Waals surface area (Å²) in [4.78, 5) is 24.5. The third-order valence-corrected chi connectivity index (χ3v) is 4.05. The summed E-state index contributed by atoms with van der Waals surface area (Å²) in [6.07, 6.45) is 3.77. The molecule has 1 aromatic carbocycles. The molecule has 8 heteroatoms. The van der Waals surface area contributed by atoms with Crippen LogP contribution in [-0.2, 0) is 6.42 Å². The molecule has 1 amide bonds. The lowest BCUT2D eigenvalue weighted by atomic mass is 10.1. The van der Waals surface area contributed by atoms with Crippen LogP contribution >= 0.6 is 11.3 Å². The maximum absolute atomic E-state index is 12.1. The number of nitrogen functional groups attached to an aromatic ring is 2. The Morgan fingerprint density at radius 3 is 2.58 bits per heavy atom. The molecule has 0 radical (unpaired) electrons. The van der Waals surface area contributed by atoms with Crippen molar-refractivity contribution < 1.29 is 4.79 Å². The Morgan fingerprint density at radius 1 is 1.12 bits per heavy atom. The van der Waals surface area contributed by atoms with E-state index >= 15 is 0 Å². The van der Waals surface area contributed by atoms with Gasteiger partial charge in [-0.3, -0.25) is 9.78 Å². The van der Waals surface area contributed by atoms with Gasteiger partial charge in [0, 0.05) is 29.5 Å². The number of rotatable bonds is 5. The fourth-order valence-electron chi connectivity index (χ4n) is 2.16. The summed E-state index contributed by atoms with van der Waals surface area (Å²) in [5.74, 6) is 0.223. The maximum atomic E-state index is 12.1. The molecule has 5 N–H and O–H groups in total. The third kappa shape index (κ3) is 3.85. The van der Waals surface area contributed by atoms with E-state index in [0.29, 0.717) is 35.2 Å². The topological polar surface area (TPSA) is 120 Å². The molecule has 0 saturated carbocycles. The first-order chi connectivity index (χ1) is 11.6. The van der Waals surface area contributed by atoms with Gasteiger partial charge in [-0.1, -0.05) is 12.1 Å². The van der Waals surface area contributed by atoms with E-state index in [2.05, 4.69) is 20.3 Å². The van der Waals surface area contributed by atoms with Gasteiger partial charge in [-0.25, -0.2) is 9.97 Å². The number of hydrogen-bond donors (Lipinski definition) is 3. The Labute approximate surface area is 142 Å². The van der Waals surface area contributed by atoms with E-state index in [0.717, 1.165) is 11.3 Å². The van der Waals surface area contributed by atoms with Gasteiger partial charge in [0.15, 0.2) is 5.13 Å². The van der Waals surface area contributed by atoms with Crippen LogP contribution in [0.3, 0.4) is 0 Å². The van der Waals surface area contributed by atoms with Crippen LogP contribution in [0, 0.1) is 0 Å². The summed E-state index contributed by atoms with van der Waals surface area (Å²) in [5.41, 5.74) is 14.2. The first-order valence-electron chi connectivity index (χ1n) is 7.28. The fraction of sp³-hybridized carbons (Fsp3) is 0.125. The van der Waals surface area contributed by atoms with E-state index < -0.39 is 0 Å². The van der Waals surface area contributed by atoms with Crippen LogP contribution in [0.4, 0.5) is 10.9 Å². The SMILES string of the molecule is Nc1cncc(-c2ccc(C(=O)NCCc3csc(N)n3)cc2)n1. The molecule has 0 spiro atoms. The molecule has 0 unspecified atom stereocenters. The Balaban J connectivity index is 1.59. The Morgan fingerprint density at radius 2 is 1.92 bits per heavy atom. The Bertz CT molecular complexity index is 846. The average molecular weight is 340 g/mol. The summed E-state index contributed by atoms with van der Waals surface area (Å²) < 4.78 is 0. The highest BCUT2D eigenvalue weighted by molar-refractivity contribution is 7.13. The second-order valence-electron chi connectivity index (χ2n) is 5.09. The van der Waals surface area contributed by atoms with Gasteiger partial charge in [0.25, 0.3) is 5.91 Å². The molecule has 0 aliphatic carbocycles. The third-order valence-electron chi connectivity index (χ3n) is 3.33. The van der Waals surface area contributed by atoms with Crippen molar-refractivity contribution in [2.24, 2.45) is 0 Å². The van der Waals surface area contributed by atoms with Gasteiger partial charge < -0.3 is 16.8 Å². The molecule has 3 rings (SSSR count). The second-order valence-corrected chi connectivity index (χ2v) is 5.98. The fourth-order valence-corrected chi connectivity index (χ4v) is 2.75. The highest BCUT2D eigenvalue weighted by atomic mass is 32.1. The summed E-state index contributed by atoms with van der Waals surface area (Å²) in [5, 5.41) is 5.29. The van der Waals surface area contributed by atoms with Crippen LogP contribution in [0.15, 0.2) is 42.0 Å². The zero-order valence-electron chi connectivity index (χ0n) is 12.8. The van der Waals surface area contributed by atoms with Crippen molar-refractivity contribution in [2.75, 3.05) is 18.0 Å². The molecule has 0 bridgehead atoms. The molecule has 0 aliphatic rings. The number of aromatic nitrogens is 3. The van der Waals surface area contributed by atoms with Gasteiger partial charge >= 0.3 is 0 Å². The molecule has 3 aromatic rings. The maximum Gasteiger partial charge on any atom is 0.251 e. The summed E-state index contributed by atoms with van der Waals surface area (Å²) in [6, 6.07) is 7.13. The number of nitrogens with zero attached hydrogens (tertiary/aromatic N) is 3. The van der Waals surface area contributed by atoms with Gasteiger partial charge in [0.05, 0.1) is 23.8 Å². The van der Waals surface area contributed by atoms with Crippen molar-refractivity contribution in [3.63, 3.8) is 0 Å². The van der Waals surface area contributed by atoms with Crippen molar-refractivity contribution in [2.45, 2.75) is 6.42 Å². The predicted molar refractivity (Wildman–Crippen MR) is 94.4 cm³/mol. The summed E-state index contributed by atoms with van der Waals surface area (Å²) in [7, 11) is 0. The predicted octanol–water partition coefficient (Wildman–Crippen LogP) is 1.74. The van der Waals surface area contributed by atoms with E-state index in [4.69, 9.17) is 11.5 Å². The van der Waals surface area contributed by atoms with Crippen LogP contribution < -0.4 is 16.8 Å². The van der Waals surface area contributed by atoms with Gasteiger partial charge in [-0.2, -0.15) is 0 Å². The molecule has 0 atom stereocenters. The number of nitrogens with two attached hydrogens (primary N) is 2. The van der Waals surface area contributed by atoms with Crippen LogP contribution in [0.1, 0.15) is 16.1 Å². The second kappa shape index (κ2) is 7.05.